The molecule has 1 aromatic rings. The zero-order valence-corrected chi connectivity index (χ0v) is 16.5. The lowest BCUT2D eigenvalue weighted by molar-refractivity contribution is -0.119. The number of hydrogen-bond donors (Lipinski definition) is 2. The first kappa shape index (κ1) is 20.5. The summed E-state index contributed by atoms with van der Waals surface area (Å²) in [6.07, 6.45) is 4.21. The molecule has 134 valence electrons. The van der Waals surface area contributed by atoms with Crippen LogP contribution in [0.25, 0.3) is 0 Å². The predicted octanol–water partition coefficient (Wildman–Crippen LogP) is 1.37. The molecule has 0 aliphatic carbocycles. The first-order chi connectivity index (χ1) is 11.1. The summed E-state index contributed by atoms with van der Waals surface area (Å²) in [5.41, 5.74) is 6.29. The van der Waals surface area contributed by atoms with Crippen LogP contribution < -0.4 is 15.8 Å². The maximum absolute atomic E-state index is 11.1. The van der Waals surface area contributed by atoms with Crippen molar-refractivity contribution in [3.8, 4) is 5.88 Å². The van der Waals surface area contributed by atoms with E-state index in [2.05, 4.69) is 20.2 Å². The second kappa shape index (κ2) is 10.3. The number of hydrogen-bond acceptors (Lipinski definition) is 4. The van der Waals surface area contributed by atoms with Gasteiger partial charge in [0.05, 0.1) is 7.11 Å². The number of nitrogens with one attached hydrogen (secondary N) is 1. The molecule has 1 aliphatic rings. The number of carbonyl (C=O) groups is 1. The fourth-order valence-electron chi connectivity index (χ4n) is 2.96. The van der Waals surface area contributed by atoms with Crippen molar-refractivity contribution in [2.75, 3.05) is 27.2 Å². The van der Waals surface area contributed by atoms with Crippen LogP contribution in [0.2, 0.25) is 0 Å². The zero-order valence-electron chi connectivity index (χ0n) is 14.2. The fourth-order valence-corrected chi connectivity index (χ4v) is 2.96. The zero-order chi connectivity index (χ0) is 16.7. The molecular weight excluding hydrogens is 421 g/mol. The Hall–Kier alpha value is -1.58. The van der Waals surface area contributed by atoms with Crippen molar-refractivity contribution in [1.82, 2.24) is 15.2 Å². The second-order valence-electron chi connectivity index (χ2n) is 5.70. The van der Waals surface area contributed by atoms with Crippen molar-refractivity contribution < 1.29 is 9.53 Å². The topological polar surface area (TPSA) is 92.8 Å². The van der Waals surface area contributed by atoms with Gasteiger partial charge >= 0.3 is 0 Å². The number of amides is 1. The Morgan fingerprint density at radius 1 is 1.58 bits per heavy atom. The minimum Gasteiger partial charge on any atom is -0.481 e. The van der Waals surface area contributed by atoms with E-state index in [1.807, 2.05) is 12.1 Å². The normalized spacial score (nSPS) is 17.8. The highest BCUT2D eigenvalue weighted by Crippen LogP contribution is 2.20. The number of pyridine rings is 1. The Bertz CT molecular complexity index is 567. The van der Waals surface area contributed by atoms with Crippen LogP contribution in [0.4, 0.5) is 0 Å². The van der Waals surface area contributed by atoms with Gasteiger partial charge in [-0.15, -0.1) is 24.0 Å². The van der Waals surface area contributed by atoms with E-state index < -0.39 is 0 Å². The molecule has 0 bridgehead atoms. The van der Waals surface area contributed by atoms with Crippen LogP contribution in [0.5, 0.6) is 5.88 Å². The summed E-state index contributed by atoms with van der Waals surface area (Å²) in [5.74, 6) is 1.50. The van der Waals surface area contributed by atoms with Gasteiger partial charge in [-0.05, 0) is 24.8 Å². The molecule has 1 amide bonds. The Morgan fingerprint density at radius 3 is 3.04 bits per heavy atom. The number of primary amides is 1. The number of nitrogens with zero attached hydrogens (tertiary/aromatic N) is 3. The van der Waals surface area contributed by atoms with Crippen LogP contribution >= 0.6 is 24.0 Å². The molecule has 1 atom stereocenters. The number of piperidine rings is 1. The quantitative estimate of drug-likeness (QED) is 0.404. The molecule has 1 fully saturated rings. The van der Waals surface area contributed by atoms with Crippen LogP contribution in [0.15, 0.2) is 23.3 Å². The molecule has 0 aromatic carbocycles. The van der Waals surface area contributed by atoms with Gasteiger partial charge in [0.2, 0.25) is 11.8 Å². The molecule has 1 aliphatic heterocycles. The largest absolute Gasteiger partial charge is 0.481 e. The van der Waals surface area contributed by atoms with Crippen molar-refractivity contribution in [2.45, 2.75) is 25.8 Å². The number of aromatic nitrogens is 1. The number of ether oxygens (including phenoxy) is 1. The van der Waals surface area contributed by atoms with Gasteiger partial charge in [0.25, 0.3) is 0 Å². The SMILES string of the molecule is CN=C(NCc1cccnc1OC)N1CCCC(CC(N)=O)C1.I. The number of guanidine groups is 1. The van der Waals surface area contributed by atoms with E-state index in [9.17, 15) is 4.79 Å². The van der Waals surface area contributed by atoms with Gasteiger partial charge in [0.1, 0.15) is 0 Å². The van der Waals surface area contributed by atoms with Crippen LogP contribution in [-0.2, 0) is 11.3 Å². The minimum absolute atomic E-state index is 0. The summed E-state index contributed by atoms with van der Waals surface area (Å²) >= 11 is 0. The number of carbonyl (C=O) groups excluding carboxylic acids is 1. The summed E-state index contributed by atoms with van der Waals surface area (Å²) in [6.45, 7) is 2.31. The highest BCUT2D eigenvalue weighted by atomic mass is 127. The standard InChI is InChI=1S/C16H25N5O2.HI/c1-18-16(20-10-13-6-3-7-19-15(13)23-2)21-8-4-5-12(11-21)9-14(17)22;/h3,6-7,12H,4-5,8-11H2,1-2H3,(H2,17,22)(H,18,20);1H. The van der Waals surface area contributed by atoms with E-state index in [1.54, 1.807) is 20.4 Å². The Balaban J connectivity index is 0.00000288. The van der Waals surface area contributed by atoms with Crippen molar-refractivity contribution >= 4 is 35.8 Å². The monoisotopic (exact) mass is 447 g/mol. The number of rotatable bonds is 5. The maximum Gasteiger partial charge on any atom is 0.218 e. The number of nitrogens with two attached hydrogens (primary N) is 1. The second-order valence-corrected chi connectivity index (χ2v) is 5.70. The molecule has 0 saturated carbocycles. The van der Waals surface area contributed by atoms with E-state index in [-0.39, 0.29) is 29.9 Å². The van der Waals surface area contributed by atoms with Gasteiger partial charge in [-0.1, -0.05) is 6.07 Å². The molecule has 1 unspecified atom stereocenters. The maximum atomic E-state index is 11.1. The van der Waals surface area contributed by atoms with E-state index in [0.29, 0.717) is 24.8 Å². The van der Waals surface area contributed by atoms with E-state index in [0.717, 1.165) is 37.5 Å². The highest BCUT2D eigenvalue weighted by Gasteiger charge is 2.23. The molecule has 3 N–H and O–H groups in total. The first-order valence-electron chi connectivity index (χ1n) is 7.85. The minimum atomic E-state index is -0.236. The molecule has 24 heavy (non-hydrogen) atoms. The Morgan fingerprint density at radius 2 is 2.38 bits per heavy atom. The lowest BCUT2D eigenvalue weighted by Crippen LogP contribution is -2.46. The Labute approximate surface area is 160 Å². The average molecular weight is 447 g/mol. The third kappa shape index (κ3) is 5.81. The van der Waals surface area contributed by atoms with E-state index in [1.165, 1.54) is 0 Å². The molecule has 0 radical (unpaired) electrons. The predicted molar refractivity (Wildman–Crippen MR) is 105 cm³/mol. The van der Waals surface area contributed by atoms with Gasteiger partial charge < -0.3 is 20.7 Å². The molecular formula is C16H26IN5O2. The van der Waals surface area contributed by atoms with Gasteiger partial charge in [-0.25, -0.2) is 4.98 Å². The van der Waals surface area contributed by atoms with Crippen molar-refractivity contribution in [3.05, 3.63) is 23.9 Å². The van der Waals surface area contributed by atoms with Crippen LogP contribution in [0, 0.1) is 5.92 Å². The van der Waals surface area contributed by atoms with Crippen LogP contribution in [0.3, 0.4) is 0 Å². The van der Waals surface area contributed by atoms with Gasteiger partial charge in [0, 0.05) is 44.9 Å². The van der Waals surface area contributed by atoms with E-state index in [4.69, 9.17) is 10.5 Å². The van der Waals surface area contributed by atoms with Crippen molar-refractivity contribution in [3.63, 3.8) is 0 Å². The molecule has 8 heteroatoms. The van der Waals surface area contributed by atoms with Crippen molar-refractivity contribution in [1.29, 1.82) is 0 Å². The summed E-state index contributed by atoms with van der Waals surface area (Å²) in [7, 11) is 3.38. The molecule has 2 heterocycles. The molecule has 7 nitrogen and oxygen atoms in total. The average Bonchev–Trinajstić information content (AvgIpc) is 2.55. The van der Waals surface area contributed by atoms with Crippen molar-refractivity contribution in [2.24, 2.45) is 16.6 Å². The first-order valence-corrected chi connectivity index (χ1v) is 7.85. The Kier molecular flexibility index (Phi) is 8.80. The lowest BCUT2D eigenvalue weighted by Gasteiger charge is -2.34. The number of halogens is 1. The number of likely N-dealkylation sites (tertiary alicyclic amines) is 1. The van der Waals surface area contributed by atoms with Crippen LogP contribution in [0.1, 0.15) is 24.8 Å². The van der Waals surface area contributed by atoms with Gasteiger partial charge in [-0.3, -0.25) is 9.79 Å². The molecule has 1 aromatic heterocycles. The lowest BCUT2D eigenvalue weighted by atomic mass is 9.95. The smallest absolute Gasteiger partial charge is 0.218 e. The number of methoxy groups -OCH3 is 1. The van der Waals surface area contributed by atoms with E-state index >= 15 is 0 Å². The number of aliphatic imine (C=N–C) groups is 1. The highest BCUT2D eigenvalue weighted by molar-refractivity contribution is 14.0. The van der Waals surface area contributed by atoms with Gasteiger partial charge in [-0.2, -0.15) is 0 Å². The third-order valence-electron chi connectivity index (χ3n) is 4.00. The molecule has 1 saturated heterocycles. The third-order valence-corrected chi connectivity index (χ3v) is 4.00. The van der Waals surface area contributed by atoms with Crippen LogP contribution in [-0.4, -0.2) is 49.0 Å². The molecule has 2 rings (SSSR count). The molecule has 0 spiro atoms. The summed E-state index contributed by atoms with van der Waals surface area (Å²) < 4.78 is 5.26. The fraction of sp³-hybridized carbons (Fsp3) is 0.562. The summed E-state index contributed by atoms with van der Waals surface area (Å²) in [4.78, 5) is 21.9. The summed E-state index contributed by atoms with van der Waals surface area (Å²) in [5, 5.41) is 3.34. The summed E-state index contributed by atoms with van der Waals surface area (Å²) in [6, 6.07) is 3.85. The van der Waals surface area contributed by atoms with Gasteiger partial charge in [0.15, 0.2) is 5.96 Å².